The molecule has 2 aromatic carbocycles. The molecular formula is C19H24N2O6S. The van der Waals surface area contributed by atoms with E-state index < -0.39 is 10.0 Å². The first-order chi connectivity index (χ1) is 13.3. The van der Waals surface area contributed by atoms with E-state index in [1.807, 2.05) is 0 Å². The second-order valence-corrected chi connectivity index (χ2v) is 7.90. The van der Waals surface area contributed by atoms with Crippen molar-refractivity contribution in [1.82, 2.24) is 5.32 Å². The Morgan fingerprint density at radius 1 is 0.964 bits per heavy atom. The quantitative estimate of drug-likeness (QED) is 0.601. The molecule has 0 aromatic heterocycles. The fourth-order valence-corrected chi connectivity index (χ4v) is 2.68. The van der Waals surface area contributed by atoms with Gasteiger partial charge in [0.15, 0.2) is 6.61 Å². The number of ether oxygens (including phenoxy) is 3. The first-order valence-corrected chi connectivity index (χ1v) is 10.3. The van der Waals surface area contributed by atoms with Gasteiger partial charge >= 0.3 is 0 Å². The standard InChI is InChI=1S/C19H24N2O6S/c1-21(28(3,23)24)15-4-6-18(7-5-15)27-14-19(22)20-12-13-26-17-10-8-16(25-2)9-11-17/h4-11H,12-14H2,1-3H3,(H,20,22). The summed E-state index contributed by atoms with van der Waals surface area (Å²) >= 11 is 0. The Balaban J connectivity index is 1.69. The highest BCUT2D eigenvalue weighted by atomic mass is 32.2. The van der Waals surface area contributed by atoms with Gasteiger partial charge in [-0.3, -0.25) is 9.10 Å². The Kier molecular flexibility index (Phi) is 7.51. The third kappa shape index (κ3) is 6.66. The maximum atomic E-state index is 11.8. The van der Waals surface area contributed by atoms with Crippen LogP contribution in [0.1, 0.15) is 0 Å². The Morgan fingerprint density at radius 2 is 1.50 bits per heavy atom. The van der Waals surface area contributed by atoms with Crippen molar-refractivity contribution in [2.45, 2.75) is 0 Å². The van der Waals surface area contributed by atoms with Crippen molar-refractivity contribution in [3.63, 3.8) is 0 Å². The van der Waals surface area contributed by atoms with E-state index in [1.54, 1.807) is 55.6 Å². The van der Waals surface area contributed by atoms with Gasteiger partial charge in [-0.15, -0.1) is 0 Å². The van der Waals surface area contributed by atoms with Gasteiger partial charge in [0, 0.05) is 7.05 Å². The fraction of sp³-hybridized carbons (Fsp3) is 0.316. The molecule has 0 aliphatic carbocycles. The highest BCUT2D eigenvalue weighted by Gasteiger charge is 2.11. The summed E-state index contributed by atoms with van der Waals surface area (Å²) in [7, 11) is -0.263. The van der Waals surface area contributed by atoms with E-state index in [1.165, 1.54) is 7.05 Å². The molecule has 1 N–H and O–H groups in total. The van der Waals surface area contributed by atoms with E-state index in [4.69, 9.17) is 14.2 Å². The van der Waals surface area contributed by atoms with Crippen LogP contribution in [-0.4, -0.2) is 54.5 Å². The summed E-state index contributed by atoms with van der Waals surface area (Å²) in [4.78, 5) is 11.8. The summed E-state index contributed by atoms with van der Waals surface area (Å²) in [5.74, 6) is 1.62. The minimum absolute atomic E-state index is 0.149. The van der Waals surface area contributed by atoms with Crippen LogP contribution < -0.4 is 23.8 Å². The van der Waals surface area contributed by atoms with Gasteiger partial charge in [0.1, 0.15) is 23.9 Å². The van der Waals surface area contributed by atoms with Gasteiger partial charge in [-0.25, -0.2) is 8.42 Å². The molecule has 0 radical (unpaired) electrons. The molecule has 0 atom stereocenters. The summed E-state index contributed by atoms with van der Waals surface area (Å²) in [6.07, 6.45) is 1.13. The SMILES string of the molecule is COc1ccc(OCCNC(=O)COc2ccc(N(C)S(C)(=O)=O)cc2)cc1. The van der Waals surface area contributed by atoms with Crippen LogP contribution >= 0.6 is 0 Å². The molecule has 0 heterocycles. The van der Waals surface area contributed by atoms with Gasteiger partial charge < -0.3 is 19.5 Å². The minimum atomic E-state index is -3.32. The van der Waals surface area contributed by atoms with Crippen molar-refractivity contribution in [3.8, 4) is 17.2 Å². The molecule has 28 heavy (non-hydrogen) atoms. The van der Waals surface area contributed by atoms with Crippen molar-refractivity contribution in [2.75, 3.05) is 44.5 Å². The number of nitrogens with one attached hydrogen (secondary N) is 1. The van der Waals surface area contributed by atoms with Crippen LogP contribution in [0.3, 0.4) is 0 Å². The predicted octanol–water partition coefficient (Wildman–Crippen LogP) is 1.66. The van der Waals surface area contributed by atoms with E-state index in [9.17, 15) is 13.2 Å². The molecule has 1 amide bonds. The third-order valence-corrected chi connectivity index (χ3v) is 5.03. The zero-order chi connectivity index (χ0) is 20.6. The third-order valence-electron chi connectivity index (χ3n) is 3.82. The molecule has 9 heteroatoms. The first kappa shape index (κ1) is 21.4. The summed E-state index contributed by atoms with van der Waals surface area (Å²) < 4.78 is 40.1. The van der Waals surface area contributed by atoms with Gasteiger partial charge in [-0.05, 0) is 48.5 Å². The molecule has 0 bridgehead atoms. The number of carbonyl (C=O) groups is 1. The maximum absolute atomic E-state index is 11.8. The lowest BCUT2D eigenvalue weighted by atomic mass is 10.3. The largest absolute Gasteiger partial charge is 0.497 e. The second-order valence-electron chi connectivity index (χ2n) is 5.89. The molecule has 8 nitrogen and oxygen atoms in total. The molecule has 2 aromatic rings. The smallest absolute Gasteiger partial charge is 0.258 e. The van der Waals surface area contributed by atoms with Crippen LogP contribution in [0.4, 0.5) is 5.69 Å². The zero-order valence-electron chi connectivity index (χ0n) is 16.0. The number of hydrogen-bond acceptors (Lipinski definition) is 6. The highest BCUT2D eigenvalue weighted by molar-refractivity contribution is 7.92. The van der Waals surface area contributed by atoms with Gasteiger partial charge in [0.2, 0.25) is 10.0 Å². The Morgan fingerprint density at radius 3 is 2.07 bits per heavy atom. The summed E-state index contributed by atoms with van der Waals surface area (Å²) in [5, 5.41) is 2.69. The molecule has 0 spiro atoms. The summed E-state index contributed by atoms with van der Waals surface area (Å²) in [6.45, 7) is 0.515. The molecule has 2 rings (SSSR count). The van der Waals surface area contributed by atoms with E-state index in [0.717, 1.165) is 16.3 Å². The molecule has 0 aliphatic rings. The normalized spacial score (nSPS) is 10.8. The molecule has 152 valence electrons. The van der Waals surface area contributed by atoms with Crippen molar-refractivity contribution in [1.29, 1.82) is 0 Å². The lowest BCUT2D eigenvalue weighted by Crippen LogP contribution is -2.32. The summed E-state index contributed by atoms with van der Waals surface area (Å²) in [6, 6.07) is 13.6. The van der Waals surface area contributed by atoms with Gasteiger partial charge in [-0.2, -0.15) is 0 Å². The minimum Gasteiger partial charge on any atom is -0.497 e. The fourth-order valence-electron chi connectivity index (χ4n) is 2.17. The number of anilines is 1. The van der Waals surface area contributed by atoms with Gasteiger partial charge in [0.05, 0.1) is 25.6 Å². The van der Waals surface area contributed by atoms with Crippen LogP contribution in [0.25, 0.3) is 0 Å². The van der Waals surface area contributed by atoms with Crippen molar-refractivity contribution in [3.05, 3.63) is 48.5 Å². The van der Waals surface area contributed by atoms with Crippen LogP contribution in [0, 0.1) is 0 Å². The number of nitrogens with zero attached hydrogens (tertiary/aromatic N) is 1. The van der Waals surface area contributed by atoms with Gasteiger partial charge in [0.25, 0.3) is 5.91 Å². The number of sulfonamides is 1. The molecule has 0 saturated heterocycles. The Bertz CT molecular complexity index is 866. The number of amides is 1. The van der Waals surface area contributed by atoms with Crippen LogP contribution in [-0.2, 0) is 14.8 Å². The maximum Gasteiger partial charge on any atom is 0.258 e. The zero-order valence-corrected chi connectivity index (χ0v) is 16.9. The van der Waals surface area contributed by atoms with Crippen LogP contribution in [0.2, 0.25) is 0 Å². The highest BCUT2D eigenvalue weighted by Crippen LogP contribution is 2.20. The molecular weight excluding hydrogens is 384 g/mol. The average Bonchev–Trinajstić information content (AvgIpc) is 2.69. The number of benzene rings is 2. The molecule has 0 aliphatic heterocycles. The van der Waals surface area contributed by atoms with E-state index in [-0.39, 0.29) is 12.5 Å². The monoisotopic (exact) mass is 408 g/mol. The number of methoxy groups -OCH3 is 1. The van der Waals surface area contributed by atoms with Crippen molar-refractivity contribution in [2.24, 2.45) is 0 Å². The van der Waals surface area contributed by atoms with E-state index in [2.05, 4.69) is 5.32 Å². The summed E-state index contributed by atoms with van der Waals surface area (Å²) in [5.41, 5.74) is 0.509. The van der Waals surface area contributed by atoms with E-state index in [0.29, 0.717) is 30.3 Å². The number of hydrogen-bond donors (Lipinski definition) is 1. The topological polar surface area (TPSA) is 94.2 Å². The molecule has 0 fully saturated rings. The predicted molar refractivity (Wildman–Crippen MR) is 107 cm³/mol. The van der Waals surface area contributed by atoms with Gasteiger partial charge in [-0.1, -0.05) is 0 Å². The molecule has 0 unspecified atom stereocenters. The van der Waals surface area contributed by atoms with Crippen LogP contribution in [0.5, 0.6) is 17.2 Å². The Hall–Kier alpha value is -2.94. The lowest BCUT2D eigenvalue weighted by Gasteiger charge is -2.16. The molecule has 0 saturated carbocycles. The first-order valence-electron chi connectivity index (χ1n) is 8.50. The van der Waals surface area contributed by atoms with E-state index >= 15 is 0 Å². The number of carbonyl (C=O) groups excluding carboxylic acids is 1. The second kappa shape index (κ2) is 9.84. The average molecular weight is 408 g/mol. The lowest BCUT2D eigenvalue weighted by molar-refractivity contribution is -0.123. The van der Waals surface area contributed by atoms with Crippen LogP contribution in [0.15, 0.2) is 48.5 Å². The van der Waals surface area contributed by atoms with Crippen molar-refractivity contribution >= 4 is 21.6 Å². The van der Waals surface area contributed by atoms with Crippen molar-refractivity contribution < 1.29 is 27.4 Å². The number of rotatable bonds is 10. The Labute approximate surface area is 165 Å².